The number of carbonyl (C=O) groups excluding carboxylic acids is 1. The summed E-state index contributed by atoms with van der Waals surface area (Å²) in [5, 5.41) is 6.06. The minimum atomic E-state index is -0.341. The van der Waals surface area contributed by atoms with Crippen molar-refractivity contribution in [2.45, 2.75) is 25.9 Å². The molecule has 1 atom stereocenters. The summed E-state index contributed by atoms with van der Waals surface area (Å²) in [6.45, 7) is 2.71. The third kappa shape index (κ3) is 3.62. The second-order valence-electron chi connectivity index (χ2n) is 5.42. The van der Waals surface area contributed by atoms with E-state index in [4.69, 9.17) is 4.74 Å². The van der Waals surface area contributed by atoms with Crippen molar-refractivity contribution < 1.29 is 9.53 Å². The molecule has 1 saturated heterocycles. The molecular weight excluding hydrogens is 278 g/mol. The number of hydrogen-bond acceptors (Lipinski definition) is 4. The maximum atomic E-state index is 11.9. The van der Waals surface area contributed by atoms with Crippen molar-refractivity contribution in [3.8, 4) is 0 Å². The molecule has 1 amide bonds. The van der Waals surface area contributed by atoms with Gasteiger partial charge in [-0.05, 0) is 49.6 Å². The molecule has 5 heteroatoms. The van der Waals surface area contributed by atoms with E-state index in [2.05, 4.69) is 21.7 Å². The molecule has 1 aliphatic rings. The van der Waals surface area contributed by atoms with Gasteiger partial charge in [0.1, 0.15) is 11.9 Å². The van der Waals surface area contributed by atoms with Crippen LogP contribution in [0.25, 0.3) is 0 Å². The standard InChI is InChI=1S/C17H19N3O2/c1-12-4-2-5-13(10-12)19-14-7-8-16(18-11-14)20-17(21)15-6-3-9-22-15/h2,4-5,7-8,10-11,15,19H,3,6,9H2,1H3,(H,18,20,21). The van der Waals surface area contributed by atoms with Crippen molar-refractivity contribution in [3.05, 3.63) is 48.2 Å². The van der Waals surface area contributed by atoms with Crippen LogP contribution in [-0.4, -0.2) is 23.6 Å². The number of rotatable bonds is 4. The van der Waals surface area contributed by atoms with Crippen molar-refractivity contribution in [1.82, 2.24) is 4.98 Å². The van der Waals surface area contributed by atoms with Gasteiger partial charge in [-0.15, -0.1) is 0 Å². The lowest BCUT2D eigenvalue weighted by molar-refractivity contribution is -0.124. The van der Waals surface area contributed by atoms with Crippen LogP contribution >= 0.6 is 0 Å². The predicted octanol–water partition coefficient (Wildman–Crippen LogP) is 3.25. The fraction of sp³-hybridized carbons (Fsp3) is 0.294. The number of amides is 1. The molecule has 1 aliphatic heterocycles. The van der Waals surface area contributed by atoms with E-state index in [-0.39, 0.29) is 12.0 Å². The zero-order valence-corrected chi connectivity index (χ0v) is 12.5. The first-order chi connectivity index (χ1) is 10.7. The maximum absolute atomic E-state index is 11.9. The zero-order chi connectivity index (χ0) is 15.4. The van der Waals surface area contributed by atoms with Crippen molar-refractivity contribution in [3.63, 3.8) is 0 Å². The summed E-state index contributed by atoms with van der Waals surface area (Å²) in [4.78, 5) is 16.2. The molecule has 5 nitrogen and oxygen atoms in total. The highest BCUT2D eigenvalue weighted by atomic mass is 16.5. The number of benzene rings is 1. The van der Waals surface area contributed by atoms with Gasteiger partial charge in [-0.2, -0.15) is 0 Å². The molecule has 2 heterocycles. The Morgan fingerprint density at radius 3 is 2.86 bits per heavy atom. The minimum Gasteiger partial charge on any atom is -0.368 e. The third-order valence-corrected chi connectivity index (χ3v) is 3.54. The molecule has 1 aromatic carbocycles. The SMILES string of the molecule is Cc1cccc(Nc2ccc(NC(=O)C3CCCO3)nc2)c1. The maximum Gasteiger partial charge on any atom is 0.254 e. The van der Waals surface area contributed by atoms with Gasteiger partial charge in [-0.25, -0.2) is 4.98 Å². The van der Waals surface area contributed by atoms with E-state index in [9.17, 15) is 4.79 Å². The fourth-order valence-corrected chi connectivity index (χ4v) is 2.42. The Morgan fingerprint density at radius 1 is 1.27 bits per heavy atom. The van der Waals surface area contributed by atoms with Gasteiger partial charge in [-0.1, -0.05) is 12.1 Å². The summed E-state index contributed by atoms with van der Waals surface area (Å²) in [7, 11) is 0. The Morgan fingerprint density at radius 2 is 2.18 bits per heavy atom. The molecule has 3 rings (SSSR count). The molecule has 2 N–H and O–H groups in total. The van der Waals surface area contributed by atoms with Crippen LogP contribution in [0.2, 0.25) is 0 Å². The van der Waals surface area contributed by atoms with Gasteiger partial charge in [0.15, 0.2) is 0 Å². The van der Waals surface area contributed by atoms with Crippen molar-refractivity contribution in [1.29, 1.82) is 0 Å². The monoisotopic (exact) mass is 297 g/mol. The van der Waals surface area contributed by atoms with Crippen LogP contribution in [0.15, 0.2) is 42.6 Å². The topological polar surface area (TPSA) is 63.2 Å². The molecule has 0 bridgehead atoms. The molecule has 1 fully saturated rings. The van der Waals surface area contributed by atoms with E-state index in [1.807, 2.05) is 31.2 Å². The summed E-state index contributed by atoms with van der Waals surface area (Å²) in [6.07, 6.45) is 3.07. The number of pyridine rings is 1. The minimum absolute atomic E-state index is 0.121. The number of nitrogens with zero attached hydrogens (tertiary/aromatic N) is 1. The zero-order valence-electron chi connectivity index (χ0n) is 12.5. The van der Waals surface area contributed by atoms with Crippen LogP contribution in [-0.2, 0) is 9.53 Å². The number of carbonyl (C=O) groups is 1. The van der Waals surface area contributed by atoms with E-state index in [1.165, 1.54) is 5.56 Å². The first kappa shape index (κ1) is 14.5. The summed E-state index contributed by atoms with van der Waals surface area (Å²) >= 11 is 0. The molecule has 114 valence electrons. The van der Waals surface area contributed by atoms with Crippen LogP contribution in [0, 0.1) is 6.92 Å². The summed E-state index contributed by atoms with van der Waals surface area (Å²) in [5.41, 5.74) is 3.08. The van der Waals surface area contributed by atoms with Crippen LogP contribution in [0.4, 0.5) is 17.2 Å². The number of aromatic nitrogens is 1. The second kappa shape index (κ2) is 6.58. The van der Waals surface area contributed by atoms with Gasteiger partial charge >= 0.3 is 0 Å². The molecule has 1 aromatic heterocycles. The van der Waals surface area contributed by atoms with E-state index in [1.54, 1.807) is 12.3 Å². The van der Waals surface area contributed by atoms with E-state index >= 15 is 0 Å². The van der Waals surface area contributed by atoms with Crippen molar-refractivity contribution >= 4 is 23.1 Å². The molecule has 0 saturated carbocycles. The lowest BCUT2D eigenvalue weighted by atomic mass is 10.2. The highest BCUT2D eigenvalue weighted by Crippen LogP contribution is 2.19. The highest BCUT2D eigenvalue weighted by molar-refractivity contribution is 5.93. The van der Waals surface area contributed by atoms with Crippen LogP contribution in [0.5, 0.6) is 0 Å². The van der Waals surface area contributed by atoms with E-state index in [0.29, 0.717) is 12.4 Å². The molecule has 1 unspecified atom stereocenters. The summed E-state index contributed by atoms with van der Waals surface area (Å²) in [5.74, 6) is 0.416. The number of hydrogen-bond donors (Lipinski definition) is 2. The lowest BCUT2D eigenvalue weighted by Gasteiger charge is -2.11. The Labute approximate surface area is 129 Å². The summed E-state index contributed by atoms with van der Waals surface area (Å²) < 4.78 is 5.35. The Balaban J connectivity index is 1.61. The Kier molecular flexibility index (Phi) is 4.34. The molecule has 0 aliphatic carbocycles. The van der Waals surface area contributed by atoms with Crippen molar-refractivity contribution in [2.24, 2.45) is 0 Å². The Bertz CT molecular complexity index is 649. The van der Waals surface area contributed by atoms with Gasteiger partial charge < -0.3 is 15.4 Å². The van der Waals surface area contributed by atoms with Crippen LogP contribution < -0.4 is 10.6 Å². The smallest absolute Gasteiger partial charge is 0.254 e. The molecule has 0 spiro atoms. The van der Waals surface area contributed by atoms with Crippen LogP contribution in [0.1, 0.15) is 18.4 Å². The predicted molar refractivity (Wildman–Crippen MR) is 86.3 cm³/mol. The van der Waals surface area contributed by atoms with Gasteiger partial charge in [0.2, 0.25) is 0 Å². The van der Waals surface area contributed by atoms with E-state index < -0.39 is 0 Å². The van der Waals surface area contributed by atoms with Crippen LogP contribution in [0.3, 0.4) is 0 Å². The van der Waals surface area contributed by atoms with Gasteiger partial charge in [-0.3, -0.25) is 4.79 Å². The highest BCUT2D eigenvalue weighted by Gasteiger charge is 2.23. The lowest BCUT2D eigenvalue weighted by Crippen LogP contribution is -2.27. The molecule has 22 heavy (non-hydrogen) atoms. The first-order valence-electron chi connectivity index (χ1n) is 7.43. The number of nitrogens with one attached hydrogen (secondary N) is 2. The summed E-state index contributed by atoms with van der Waals surface area (Å²) in [6, 6.07) is 11.8. The molecular formula is C17H19N3O2. The van der Waals surface area contributed by atoms with Gasteiger partial charge in [0, 0.05) is 12.3 Å². The average Bonchev–Trinajstić information content (AvgIpc) is 3.04. The number of aryl methyl sites for hydroxylation is 1. The quantitative estimate of drug-likeness (QED) is 0.909. The molecule has 0 radical (unpaired) electrons. The Hall–Kier alpha value is -2.40. The fourth-order valence-electron chi connectivity index (χ4n) is 2.42. The third-order valence-electron chi connectivity index (χ3n) is 3.54. The number of anilines is 3. The first-order valence-corrected chi connectivity index (χ1v) is 7.43. The van der Waals surface area contributed by atoms with E-state index in [0.717, 1.165) is 24.2 Å². The molecule has 2 aromatic rings. The van der Waals surface area contributed by atoms with Gasteiger partial charge in [0.05, 0.1) is 11.9 Å². The van der Waals surface area contributed by atoms with Gasteiger partial charge in [0.25, 0.3) is 5.91 Å². The van der Waals surface area contributed by atoms with Crippen molar-refractivity contribution in [2.75, 3.05) is 17.2 Å². The largest absolute Gasteiger partial charge is 0.368 e. The second-order valence-corrected chi connectivity index (χ2v) is 5.42. The average molecular weight is 297 g/mol. The number of ether oxygens (including phenoxy) is 1. The normalized spacial score (nSPS) is 17.2.